The number of halogens is 3. The predicted molar refractivity (Wildman–Crippen MR) is 108 cm³/mol. The number of carbonyl (C=O) groups is 1. The van der Waals surface area contributed by atoms with Gasteiger partial charge in [-0.3, -0.25) is 9.79 Å². The highest BCUT2D eigenvalue weighted by atomic mass is 19.4. The standard InChI is InChI=1S/C20H29F3N4O3/c1-24-19(26-12-17(28)27(2)13-20(21,22)23)25-11-14-7-6-10-16(29-3)18(14)30-15-8-4-5-9-15/h6-7,10,15H,4-5,8-9,11-13H2,1-3H3,(H2,24,25,26). The Morgan fingerprint density at radius 3 is 2.57 bits per heavy atom. The molecule has 7 nitrogen and oxygen atoms in total. The van der Waals surface area contributed by atoms with Crippen molar-refractivity contribution in [1.82, 2.24) is 15.5 Å². The molecule has 0 bridgehead atoms. The van der Waals surface area contributed by atoms with E-state index in [1.807, 2.05) is 18.2 Å². The topological polar surface area (TPSA) is 75.2 Å². The molecule has 2 N–H and O–H groups in total. The van der Waals surface area contributed by atoms with Gasteiger partial charge in [0.2, 0.25) is 5.91 Å². The molecule has 0 atom stereocenters. The van der Waals surface area contributed by atoms with Gasteiger partial charge in [-0.1, -0.05) is 12.1 Å². The highest BCUT2D eigenvalue weighted by Gasteiger charge is 2.31. The van der Waals surface area contributed by atoms with Crippen molar-refractivity contribution >= 4 is 11.9 Å². The number of methoxy groups -OCH3 is 1. The molecule has 1 fully saturated rings. The molecule has 0 aromatic heterocycles. The fourth-order valence-electron chi connectivity index (χ4n) is 3.22. The first kappa shape index (κ1) is 23.6. The van der Waals surface area contributed by atoms with Gasteiger partial charge < -0.3 is 25.0 Å². The van der Waals surface area contributed by atoms with E-state index >= 15 is 0 Å². The number of amides is 1. The highest BCUT2D eigenvalue weighted by molar-refractivity contribution is 5.86. The number of likely N-dealkylation sites (N-methyl/N-ethyl adjacent to an activating group) is 1. The molecule has 1 aliphatic carbocycles. The van der Waals surface area contributed by atoms with Crippen LogP contribution in [-0.2, 0) is 11.3 Å². The number of alkyl halides is 3. The maximum atomic E-state index is 12.4. The van der Waals surface area contributed by atoms with Crippen LogP contribution in [0, 0.1) is 0 Å². The molecule has 1 aromatic rings. The van der Waals surface area contributed by atoms with Gasteiger partial charge in [0.1, 0.15) is 6.54 Å². The zero-order valence-corrected chi connectivity index (χ0v) is 17.5. The third-order valence-electron chi connectivity index (χ3n) is 4.79. The molecule has 0 heterocycles. The summed E-state index contributed by atoms with van der Waals surface area (Å²) in [5.74, 6) is 0.893. The molecule has 10 heteroatoms. The van der Waals surface area contributed by atoms with E-state index in [0.717, 1.165) is 38.3 Å². The second-order valence-electron chi connectivity index (χ2n) is 7.12. The number of nitrogens with zero attached hydrogens (tertiary/aromatic N) is 2. The largest absolute Gasteiger partial charge is 0.493 e. The maximum absolute atomic E-state index is 12.4. The van der Waals surface area contributed by atoms with E-state index in [1.54, 1.807) is 7.11 Å². The fourth-order valence-corrected chi connectivity index (χ4v) is 3.22. The van der Waals surface area contributed by atoms with Gasteiger partial charge in [0.15, 0.2) is 17.5 Å². The van der Waals surface area contributed by atoms with Crippen molar-refractivity contribution in [2.45, 2.75) is 44.5 Å². The number of aliphatic imine (C=N–C) groups is 1. The summed E-state index contributed by atoms with van der Waals surface area (Å²) in [6.45, 7) is -1.27. The van der Waals surface area contributed by atoms with Gasteiger partial charge >= 0.3 is 6.18 Å². The van der Waals surface area contributed by atoms with Crippen LogP contribution in [0.5, 0.6) is 11.5 Å². The third kappa shape index (κ3) is 7.31. The first-order valence-corrected chi connectivity index (χ1v) is 9.81. The SMILES string of the molecule is CN=C(NCC(=O)N(C)CC(F)(F)F)NCc1cccc(OC)c1OC1CCCC1. The molecule has 0 spiro atoms. The Kier molecular flexibility index (Phi) is 8.61. The maximum Gasteiger partial charge on any atom is 0.406 e. The zero-order chi connectivity index (χ0) is 22.1. The van der Waals surface area contributed by atoms with Crippen molar-refractivity contribution < 1.29 is 27.4 Å². The lowest BCUT2D eigenvalue weighted by atomic mass is 10.1. The number of hydrogen-bond acceptors (Lipinski definition) is 4. The number of rotatable bonds is 8. The first-order valence-electron chi connectivity index (χ1n) is 9.81. The van der Waals surface area contributed by atoms with Crippen LogP contribution < -0.4 is 20.1 Å². The van der Waals surface area contributed by atoms with Crippen molar-refractivity contribution in [3.63, 3.8) is 0 Å². The summed E-state index contributed by atoms with van der Waals surface area (Å²) in [5.41, 5.74) is 0.852. The Hall–Kier alpha value is -2.65. The molecule has 1 saturated carbocycles. The lowest BCUT2D eigenvalue weighted by molar-refractivity contribution is -0.157. The Morgan fingerprint density at radius 1 is 1.27 bits per heavy atom. The van der Waals surface area contributed by atoms with E-state index in [2.05, 4.69) is 15.6 Å². The van der Waals surface area contributed by atoms with Gasteiger partial charge in [-0.2, -0.15) is 13.2 Å². The first-order chi connectivity index (χ1) is 14.2. The summed E-state index contributed by atoms with van der Waals surface area (Å²) in [6.07, 6.45) is -0.00329. The minimum absolute atomic E-state index is 0.152. The molecule has 30 heavy (non-hydrogen) atoms. The van der Waals surface area contributed by atoms with E-state index in [0.29, 0.717) is 28.9 Å². The van der Waals surface area contributed by atoms with E-state index in [1.165, 1.54) is 7.05 Å². The number of hydrogen-bond donors (Lipinski definition) is 2. The van der Waals surface area contributed by atoms with Crippen LogP contribution in [0.25, 0.3) is 0 Å². The molecule has 2 rings (SSSR count). The average molecular weight is 430 g/mol. The van der Waals surface area contributed by atoms with E-state index in [4.69, 9.17) is 9.47 Å². The molecule has 1 aliphatic rings. The smallest absolute Gasteiger partial charge is 0.406 e. The molecule has 0 unspecified atom stereocenters. The quantitative estimate of drug-likeness (QED) is 0.490. The summed E-state index contributed by atoms with van der Waals surface area (Å²) >= 11 is 0. The highest BCUT2D eigenvalue weighted by Crippen LogP contribution is 2.34. The third-order valence-corrected chi connectivity index (χ3v) is 4.79. The number of nitrogens with one attached hydrogen (secondary N) is 2. The average Bonchev–Trinajstić information content (AvgIpc) is 3.20. The van der Waals surface area contributed by atoms with Gasteiger partial charge in [0.05, 0.1) is 19.8 Å². The monoisotopic (exact) mass is 430 g/mol. The minimum atomic E-state index is -4.44. The summed E-state index contributed by atoms with van der Waals surface area (Å²) in [7, 11) is 4.20. The number of para-hydroxylation sites is 1. The summed E-state index contributed by atoms with van der Waals surface area (Å²) in [5, 5.41) is 5.79. The van der Waals surface area contributed by atoms with Crippen molar-refractivity contribution in [3.8, 4) is 11.5 Å². The van der Waals surface area contributed by atoms with Crippen LogP contribution in [0.15, 0.2) is 23.2 Å². The van der Waals surface area contributed by atoms with E-state index < -0.39 is 18.6 Å². The lowest BCUT2D eigenvalue weighted by Crippen LogP contribution is -2.45. The molecule has 0 aliphatic heterocycles. The second kappa shape index (κ2) is 10.9. The van der Waals surface area contributed by atoms with Gasteiger partial charge in [0.25, 0.3) is 0 Å². The van der Waals surface area contributed by atoms with E-state index in [9.17, 15) is 18.0 Å². The van der Waals surface area contributed by atoms with Crippen LogP contribution in [0.1, 0.15) is 31.2 Å². The number of carbonyl (C=O) groups excluding carboxylic acids is 1. The molecule has 0 saturated heterocycles. The normalized spacial score (nSPS) is 15.1. The van der Waals surface area contributed by atoms with Crippen LogP contribution in [0.4, 0.5) is 13.2 Å². The lowest BCUT2D eigenvalue weighted by Gasteiger charge is -2.21. The van der Waals surface area contributed by atoms with Gasteiger partial charge in [-0.25, -0.2) is 0 Å². The minimum Gasteiger partial charge on any atom is -0.493 e. The summed E-state index contributed by atoms with van der Waals surface area (Å²) in [6, 6.07) is 5.58. The summed E-state index contributed by atoms with van der Waals surface area (Å²) < 4.78 is 48.8. The Labute approximate surface area is 174 Å². The van der Waals surface area contributed by atoms with Gasteiger partial charge in [0, 0.05) is 26.2 Å². The molecular weight excluding hydrogens is 401 g/mol. The van der Waals surface area contributed by atoms with Crippen molar-refractivity contribution in [2.24, 2.45) is 4.99 Å². The van der Waals surface area contributed by atoms with Crippen molar-refractivity contribution in [1.29, 1.82) is 0 Å². The molecular formula is C20H29F3N4O3. The van der Waals surface area contributed by atoms with Gasteiger partial charge in [-0.15, -0.1) is 0 Å². The Bertz CT molecular complexity index is 734. The number of ether oxygens (including phenoxy) is 2. The molecule has 1 aromatic carbocycles. The van der Waals surface area contributed by atoms with E-state index in [-0.39, 0.29) is 12.6 Å². The molecule has 1 amide bonds. The Balaban J connectivity index is 1.95. The molecule has 0 radical (unpaired) electrons. The fraction of sp³-hybridized carbons (Fsp3) is 0.600. The summed E-state index contributed by atoms with van der Waals surface area (Å²) in [4.78, 5) is 16.5. The van der Waals surface area contributed by atoms with Crippen LogP contribution in [0.2, 0.25) is 0 Å². The van der Waals surface area contributed by atoms with Crippen molar-refractivity contribution in [3.05, 3.63) is 23.8 Å². The van der Waals surface area contributed by atoms with Gasteiger partial charge in [-0.05, 0) is 31.7 Å². The van der Waals surface area contributed by atoms with Crippen LogP contribution in [0.3, 0.4) is 0 Å². The van der Waals surface area contributed by atoms with Crippen LogP contribution in [-0.4, -0.2) is 63.3 Å². The van der Waals surface area contributed by atoms with Crippen LogP contribution >= 0.6 is 0 Å². The number of guanidine groups is 1. The number of benzene rings is 1. The zero-order valence-electron chi connectivity index (χ0n) is 17.5. The van der Waals surface area contributed by atoms with Crippen molar-refractivity contribution in [2.75, 3.05) is 34.3 Å². The Morgan fingerprint density at radius 2 is 1.97 bits per heavy atom. The molecule has 168 valence electrons. The second-order valence-corrected chi connectivity index (χ2v) is 7.12. The predicted octanol–water partition coefficient (Wildman–Crippen LogP) is 2.70.